The fourth-order valence-electron chi connectivity index (χ4n) is 2.74. The number of rotatable bonds is 4. The van der Waals surface area contributed by atoms with Crippen LogP contribution < -0.4 is 5.73 Å². The van der Waals surface area contributed by atoms with E-state index in [1.165, 1.54) is 0 Å². The minimum Gasteiger partial charge on any atom is -0.398 e. The standard InChI is InChI=1S/C22H17N5/c23-19-14-15-20(18-11-5-4-10-17(18)19)25-27-22-13-7-6-12-21(22)26-24-16-8-2-1-3-9-16/h1-15H,23H2. The molecule has 27 heavy (non-hydrogen) atoms. The molecule has 0 spiro atoms. The number of hydrogen-bond acceptors (Lipinski definition) is 5. The highest BCUT2D eigenvalue weighted by molar-refractivity contribution is 5.99. The summed E-state index contributed by atoms with van der Waals surface area (Å²) >= 11 is 0. The Kier molecular flexibility index (Phi) is 4.66. The predicted molar refractivity (Wildman–Crippen MR) is 110 cm³/mol. The maximum Gasteiger partial charge on any atom is 0.113 e. The quantitative estimate of drug-likeness (QED) is 0.305. The predicted octanol–water partition coefficient (Wildman–Crippen LogP) is 7.25. The number of benzene rings is 4. The van der Waals surface area contributed by atoms with Gasteiger partial charge in [0, 0.05) is 16.5 Å². The van der Waals surface area contributed by atoms with Crippen LogP contribution in [0.5, 0.6) is 0 Å². The molecule has 0 fully saturated rings. The largest absolute Gasteiger partial charge is 0.398 e. The number of azo groups is 2. The van der Waals surface area contributed by atoms with Gasteiger partial charge in [-0.1, -0.05) is 54.6 Å². The minimum absolute atomic E-state index is 0.651. The molecule has 4 rings (SSSR count). The molecule has 0 heterocycles. The molecule has 0 aliphatic carbocycles. The van der Waals surface area contributed by atoms with Gasteiger partial charge < -0.3 is 5.73 Å². The van der Waals surface area contributed by atoms with Crippen LogP contribution in [-0.4, -0.2) is 0 Å². The molecular weight excluding hydrogens is 334 g/mol. The van der Waals surface area contributed by atoms with Crippen LogP contribution in [0.15, 0.2) is 111 Å². The van der Waals surface area contributed by atoms with Crippen molar-refractivity contribution in [2.75, 3.05) is 5.73 Å². The molecule has 0 aliphatic heterocycles. The van der Waals surface area contributed by atoms with Crippen LogP contribution in [0.25, 0.3) is 10.8 Å². The van der Waals surface area contributed by atoms with Gasteiger partial charge in [-0.15, -0.1) is 15.3 Å². The van der Waals surface area contributed by atoms with Gasteiger partial charge in [0.2, 0.25) is 0 Å². The Morgan fingerprint density at radius 1 is 0.444 bits per heavy atom. The van der Waals surface area contributed by atoms with E-state index >= 15 is 0 Å². The van der Waals surface area contributed by atoms with E-state index in [1.54, 1.807) is 0 Å². The van der Waals surface area contributed by atoms with Crippen molar-refractivity contribution in [3.63, 3.8) is 0 Å². The lowest BCUT2D eigenvalue weighted by Crippen LogP contribution is -1.86. The third-order valence-corrected chi connectivity index (χ3v) is 4.11. The Labute approximate surface area is 156 Å². The maximum absolute atomic E-state index is 6.05. The molecule has 130 valence electrons. The van der Waals surface area contributed by atoms with Gasteiger partial charge in [0.15, 0.2) is 0 Å². The molecule has 0 atom stereocenters. The molecule has 0 unspecified atom stereocenters. The van der Waals surface area contributed by atoms with E-state index in [2.05, 4.69) is 20.5 Å². The van der Waals surface area contributed by atoms with Crippen molar-refractivity contribution in [1.29, 1.82) is 0 Å². The fraction of sp³-hybridized carbons (Fsp3) is 0. The first-order valence-electron chi connectivity index (χ1n) is 8.56. The lowest BCUT2D eigenvalue weighted by molar-refractivity contribution is 1.19. The average molecular weight is 351 g/mol. The fourth-order valence-corrected chi connectivity index (χ4v) is 2.74. The van der Waals surface area contributed by atoms with Crippen LogP contribution >= 0.6 is 0 Å². The van der Waals surface area contributed by atoms with Gasteiger partial charge >= 0.3 is 0 Å². The van der Waals surface area contributed by atoms with Gasteiger partial charge in [-0.25, -0.2) is 0 Å². The zero-order valence-corrected chi connectivity index (χ0v) is 14.5. The van der Waals surface area contributed by atoms with Gasteiger partial charge in [0.25, 0.3) is 0 Å². The molecule has 5 nitrogen and oxygen atoms in total. The van der Waals surface area contributed by atoms with E-state index in [-0.39, 0.29) is 0 Å². The second kappa shape index (κ2) is 7.58. The van der Waals surface area contributed by atoms with E-state index in [9.17, 15) is 0 Å². The summed E-state index contributed by atoms with van der Waals surface area (Å²) in [4.78, 5) is 0. The lowest BCUT2D eigenvalue weighted by atomic mass is 10.1. The van der Waals surface area contributed by atoms with Crippen molar-refractivity contribution in [3.8, 4) is 0 Å². The average Bonchev–Trinajstić information content (AvgIpc) is 2.73. The van der Waals surface area contributed by atoms with Crippen LogP contribution in [0.2, 0.25) is 0 Å². The smallest absolute Gasteiger partial charge is 0.113 e. The summed E-state index contributed by atoms with van der Waals surface area (Å²) in [6.07, 6.45) is 0. The molecule has 0 amide bonds. The third kappa shape index (κ3) is 3.72. The summed E-state index contributed by atoms with van der Waals surface area (Å²) in [5.41, 5.74) is 9.63. The van der Waals surface area contributed by atoms with Crippen molar-refractivity contribution in [2.45, 2.75) is 0 Å². The van der Waals surface area contributed by atoms with Crippen molar-refractivity contribution < 1.29 is 0 Å². The first-order chi connectivity index (χ1) is 13.3. The summed E-state index contributed by atoms with van der Waals surface area (Å²) in [6, 6.07) is 28.7. The molecule has 4 aromatic carbocycles. The van der Waals surface area contributed by atoms with Crippen molar-refractivity contribution in [1.82, 2.24) is 0 Å². The highest BCUT2D eigenvalue weighted by Crippen LogP contribution is 2.34. The number of fused-ring (bicyclic) bond motifs is 1. The number of nitrogens with two attached hydrogens (primary N) is 1. The Morgan fingerprint density at radius 2 is 1.00 bits per heavy atom. The molecule has 0 aromatic heterocycles. The van der Waals surface area contributed by atoms with E-state index < -0.39 is 0 Å². The second-order valence-electron chi connectivity index (χ2n) is 5.94. The summed E-state index contributed by atoms with van der Waals surface area (Å²) in [7, 11) is 0. The van der Waals surface area contributed by atoms with Crippen LogP contribution in [0.1, 0.15) is 0 Å². The minimum atomic E-state index is 0.651. The second-order valence-corrected chi connectivity index (χ2v) is 5.94. The monoisotopic (exact) mass is 351 g/mol. The first-order valence-corrected chi connectivity index (χ1v) is 8.56. The number of hydrogen-bond donors (Lipinski definition) is 1. The Bertz CT molecular complexity index is 1130. The number of nitrogen functional groups attached to an aromatic ring is 1. The molecule has 2 N–H and O–H groups in total. The summed E-state index contributed by atoms with van der Waals surface area (Å²) in [5, 5.41) is 19.3. The highest BCUT2D eigenvalue weighted by Gasteiger charge is 2.04. The van der Waals surface area contributed by atoms with Crippen LogP contribution in [0.4, 0.5) is 28.4 Å². The van der Waals surface area contributed by atoms with Crippen molar-refractivity contribution in [3.05, 3.63) is 91.0 Å². The molecule has 0 aliphatic rings. The molecule has 0 saturated heterocycles. The van der Waals surface area contributed by atoms with E-state index in [4.69, 9.17) is 5.73 Å². The first kappa shape index (κ1) is 16.6. The van der Waals surface area contributed by atoms with Gasteiger partial charge in [-0.3, -0.25) is 0 Å². The van der Waals surface area contributed by atoms with Crippen LogP contribution in [0.3, 0.4) is 0 Å². The molecule has 0 bridgehead atoms. The topological polar surface area (TPSA) is 75.5 Å². The maximum atomic E-state index is 6.05. The van der Waals surface area contributed by atoms with Gasteiger partial charge in [0.05, 0.1) is 11.4 Å². The van der Waals surface area contributed by atoms with Crippen LogP contribution in [0, 0.1) is 0 Å². The van der Waals surface area contributed by atoms with Crippen molar-refractivity contribution >= 4 is 39.2 Å². The summed E-state index contributed by atoms with van der Waals surface area (Å²) in [5.74, 6) is 0. The highest BCUT2D eigenvalue weighted by atomic mass is 15.2. The van der Waals surface area contributed by atoms with Gasteiger partial charge in [-0.2, -0.15) is 5.11 Å². The number of anilines is 1. The van der Waals surface area contributed by atoms with Gasteiger partial charge in [0.1, 0.15) is 11.4 Å². The van der Waals surface area contributed by atoms with Gasteiger partial charge in [-0.05, 0) is 36.4 Å². The summed E-state index contributed by atoms with van der Waals surface area (Å²) in [6.45, 7) is 0. The zero-order valence-electron chi connectivity index (χ0n) is 14.5. The van der Waals surface area contributed by atoms with Crippen molar-refractivity contribution in [2.24, 2.45) is 20.5 Å². The Balaban J connectivity index is 1.68. The zero-order chi connectivity index (χ0) is 18.5. The van der Waals surface area contributed by atoms with E-state index in [1.807, 2.05) is 91.0 Å². The molecule has 0 saturated carbocycles. The normalized spacial score (nSPS) is 11.6. The van der Waals surface area contributed by atoms with E-state index in [0.717, 1.165) is 27.8 Å². The van der Waals surface area contributed by atoms with E-state index in [0.29, 0.717) is 11.4 Å². The Morgan fingerprint density at radius 3 is 1.74 bits per heavy atom. The third-order valence-electron chi connectivity index (χ3n) is 4.11. The Hall–Kier alpha value is -3.86. The molecule has 5 heteroatoms. The lowest BCUT2D eigenvalue weighted by Gasteiger charge is -2.04. The van der Waals surface area contributed by atoms with Crippen LogP contribution in [-0.2, 0) is 0 Å². The molecule has 4 aromatic rings. The molecule has 0 radical (unpaired) electrons. The molecular formula is C22H17N5. The SMILES string of the molecule is Nc1ccc(N=Nc2ccccc2N=Nc2ccccc2)c2ccccc12. The number of nitrogens with zero attached hydrogens (tertiary/aromatic N) is 4. The summed E-state index contributed by atoms with van der Waals surface area (Å²) < 4.78 is 0.